The van der Waals surface area contributed by atoms with Crippen LogP contribution in [-0.2, 0) is 0 Å². The SMILES string of the molecule is NC(=Nc1ccccc1)NC(=O)c1ccccc1. The summed E-state index contributed by atoms with van der Waals surface area (Å²) < 4.78 is 0. The largest absolute Gasteiger partial charge is 0.369 e. The van der Waals surface area contributed by atoms with Crippen molar-refractivity contribution in [1.29, 1.82) is 0 Å². The molecule has 0 saturated heterocycles. The van der Waals surface area contributed by atoms with Gasteiger partial charge in [0.05, 0.1) is 5.69 Å². The molecule has 4 heteroatoms. The Morgan fingerprint density at radius 1 is 0.944 bits per heavy atom. The van der Waals surface area contributed by atoms with E-state index in [1.165, 1.54) is 0 Å². The smallest absolute Gasteiger partial charge is 0.257 e. The fraction of sp³-hybridized carbons (Fsp3) is 0. The van der Waals surface area contributed by atoms with Gasteiger partial charge in [-0.1, -0.05) is 36.4 Å². The molecule has 0 atom stereocenters. The Labute approximate surface area is 105 Å². The number of hydrogen-bond donors (Lipinski definition) is 2. The van der Waals surface area contributed by atoms with Crippen molar-refractivity contribution in [3.63, 3.8) is 0 Å². The summed E-state index contributed by atoms with van der Waals surface area (Å²) in [5, 5.41) is 2.53. The maximum absolute atomic E-state index is 11.8. The summed E-state index contributed by atoms with van der Waals surface area (Å²) in [4.78, 5) is 15.9. The number of benzene rings is 2. The molecular formula is C14H13N3O. The van der Waals surface area contributed by atoms with Crippen LogP contribution in [0.5, 0.6) is 0 Å². The first-order valence-corrected chi connectivity index (χ1v) is 5.51. The van der Waals surface area contributed by atoms with E-state index >= 15 is 0 Å². The van der Waals surface area contributed by atoms with Crippen LogP contribution in [0.4, 0.5) is 5.69 Å². The quantitative estimate of drug-likeness (QED) is 0.622. The molecule has 0 aliphatic carbocycles. The number of carbonyl (C=O) groups excluding carboxylic acids is 1. The fourth-order valence-corrected chi connectivity index (χ4v) is 1.45. The van der Waals surface area contributed by atoms with Crippen molar-refractivity contribution < 1.29 is 4.79 Å². The molecule has 3 N–H and O–H groups in total. The highest BCUT2D eigenvalue weighted by atomic mass is 16.1. The zero-order valence-electron chi connectivity index (χ0n) is 9.71. The number of amides is 1. The van der Waals surface area contributed by atoms with Crippen molar-refractivity contribution in [1.82, 2.24) is 5.32 Å². The lowest BCUT2D eigenvalue weighted by Crippen LogP contribution is -2.36. The second-order valence-electron chi connectivity index (χ2n) is 3.65. The van der Waals surface area contributed by atoms with Gasteiger partial charge < -0.3 is 5.73 Å². The standard InChI is InChI=1S/C14H13N3O/c15-14(16-12-9-5-2-6-10-12)17-13(18)11-7-3-1-4-8-11/h1-10H,(H3,15,16,17,18). The number of nitrogens with one attached hydrogen (secondary N) is 1. The van der Waals surface area contributed by atoms with Gasteiger partial charge in [0.15, 0.2) is 0 Å². The lowest BCUT2D eigenvalue weighted by Gasteiger charge is -2.04. The van der Waals surface area contributed by atoms with E-state index in [4.69, 9.17) is 5.73 Å². The van der Waals surface area contributed by atoms with Crippen molar-refractivity contribution >= 4 is 17.6 Å². The van der Waals surface area contributed by atoms with Gasteiger partial charge in [-0.25, -0.2) is 4.99 Å². The number of guanidine groups is 1. The van der Waals surface area contributed by atoms with E-state index in [9.17, 15) is 4.79 Å². The first-order chi connectivity index (χ1) is 8.75. The van der Waals surface area contributed by atoms with Gasteiger partial charge in [-0.2, -0.15) is 0 Å². The molecule has 0 fully saturated rings. The number of para-hydroxylation sites is 1. The van der Waals surface area contributed by atoms with Crippen LogP contribution >= 0.6 is 0 Å². The highest BCUT2D eigenvalue weighted by Gasteiger charge is 2.05. The molecule has 4 nitrogen and oxygen atoms in total. The number of nitrogens with two attached hydrogens (primary N) is 1. The van der Waals surface area contributed by atoms with E-state index in [0.717, 1.165) is 0 Å². The van der Waals surface area contributed by atoms with Crippen molar-refractivity contribution in [2.45, 2.75) is 0 Å². The van der Waals surface area contributed by atoms with Gasteiger partial charge in [0, 0.05) is 5.56 Å². The number of nitrogens with zero attached hydrogens (tertiary/aromatic N) is 1. The Kier molecular flexibility index (Phi) is 3.71. The molecule has 0 radical (unpaired) electrons. The molecule has 2 aromatic carbocycles. The fourth-order valence-electron chi connectivity index (χ4n) is 1.45. The average molecular weight is 239 g/mol. The molecule has 0 aliphatic heterocycles. The molecule has 18 heavy (non-hydrogen) atoms. The van der Waals surface area contributed by atoms with Gasteiger partial charge in [0.25, 0.3) is 5.91 Å². The van der Waals surface area contributed by atoms with Crippen LogP contribution in [0.25, 0.3) is 0 Å². The van der Waals surface area contributed by atoms with E-state index < -0.39 is 0 Å². The minimum atomic E-state index is -0.271. The minimum Gasteiger partial charge on any atom is -0.369 e. The van der Waals surface area contributed by atoms with Gasteiger partial charge in [-0.15, -0.1) is 0 Å². The molecule has 0 aromatic heterocycles. The van der Waals surface area contributed by atoms with E-state index in [0.29, 0.717) is 11.3 Å². The van der Waals surface area contributed by atoms with Gasteiger partial charge >= 0.3 is 0 Å². The van der Waals surface area contributed by atoms with E-state index in [1.54, 1.807) is 24.3 Å². The Balaban J connectivity index is 2.06. The van der Waals surface area contributed by atoms with E-state index in [2.05, 4.69) is 10.3 Å². The zero-order valence-corrected chi connectivity index (χ0v) is 9.71. The zero-order chi connectivity index (χ0) is 12.8. The maximum atomic E-state index is 11.8. The normalized spacial score (nSPS) is 11.0. The molecule has 0 spiro atoms. The van der Waals surface area contributed by atoms with Crippen molar-refractivity contribution in [3.05, 3.63) is 66.2 Å². The van der Waals surface area contributed by atoms with Crippen molar-refractivity contribution in [2.24, 2.45) is 10.7 Å². The highest BCUT2D eigenvalue weighted by molar-refractivity contribution is 6.05. The number of carbonyl (C=O) groups is 1. The molecule has 0 aliphatic rings. The molecular weight excluding hydrogens is 226 g/mol. The van der Waals surface area contributed by atoms with E-state index in [1.807, 2.05) is 36.4 Å². The van der Waals surface area contributed by atoms with Gasteiger partial charge in [-0.05, 0) is 24.3 Å². The third-order valence-electron chi connectivity index (χ3n) is 2.28. The first kappa shape index (κ1) is 11.9. The number of aliphatic imine (C=N–C) groups is 1. The predicted octanol–water partition coefficient (Wildman–Crippen LogP) is 2.06. The molecule has 0 bridgehead atoms. The van der Waals surface area contributed by atoms with Gasteiger partial charge in [0.1, 0.15) is 0 Å². The summed E-state index contributed by atoms with van der Waals surface area (Å²) >= 11 is 0. The summed E-state index contributed by atoms with van der Waals surface area (Å²) in [6.07, 6.45) is 0. The predicted molar refractivity (Wildman–Crippen MR) is 71.6 cm³/mol. The molecule has 0 saturated carbocycles. The molecule has 2 rings (SSSR count). The van der Waals surface area contributed by atoms with Crippen LogP contribution in [0.3, 0.4) is 0 Å². The lowest BCUT2D eigenvalue weighted by atomic mass is 10.2. The molecule has 0 heterocycles. The average Bonchev–Trinajstić information content (AvgIpc) is 2.40. The Morgan fingerprint density at radius 2 is 1.50 bits per heavy atom. The highest BCUT2D eigenvalue weighted by Crippen LogP contribution is 2.08. The van der Waals surface area contributed by atoms with Crippen LogP contribution < -0.4 is 11.1 Å². The van der Waals surface area contributed by atoms with Gasteiger partial charge in [-0.3, -0.25) is 10.1 Å². The Bertz CT molecular complexity index is 550. The second-order valence-corrected chi connectivity index (χ2v) is 3.65. The Morgan fingerprint density at radius 3 is 2.11 bits per heavy atom. The summed E-state index contributed by atoms with van der Waals surface area (Å²) in [6, 6.07) is 18.1. The molecule has 0 unspecified atom stereocenters. The van der Waals surface area contributed by atoms with Crippen molar-refractivity contribution in [3.8, 4) is 0 Å². The monoisotopic (exact) mass is 239 g/mol. The summed E-state index contributed by atoms with van der Waals surface area (Å²) in [6.45, 7) is 0. The van der Waals surface area contributed by atoms with Crippen molar-refractivity contribution in [2.75, 3.05) is 0 Å². The lowest BCUT2D eigenvalue weighted by molar-refractivity contribution is 0.0976. The van der Waals surface area contributed by atoms with Crippen LogP contribution in [0, 0.1) is 0 Å². The summed E-state index contributed by atoms with van der Waals surface area (Å²) in [5.41, 5.74) is 6.90. The maximum Gasteiger partial charge on any atom is 0.257 e. The van der Waals surface area contributed by atoms with Gasteiger partial charge in [0.2, 0.25) is 5.96 Å². The van der Waals surface area contributed by atoms with Crippen LogP contribution in [0.2, 0.25) is 0 Å². The Hall–Kier alpha value is -2.62. The third kappa shape index (κ3) is 3.18. The topological polar surface area (TPSA) is 67.5 Å². The van der Waals surface area contributed by atoms with Crippen LogP contribution in [-0.4, -0.2) is 11.9 Å². The molecule has 1 amide bonds. The molecule has 90 valence electrons. The molecule has 2 aromatic rings. The van der Waals surface area contributed by atoms with Crippen LogP contribution in [0.15, 0.2) is 65.7 Å². The summed E-state index contributed by atoms with van der Waals surface area (Å²) in [5.74, 6) is -0.192. The van der Waals surface area contributed by atoms with Crippen LogP contribution in [0.1, 0.15) is 10.4 Å². The van der Waals surface area contributed by atoms with E-state index in [-0.39, 0.29) is 11.9 Å². The second kappa shape index (κ2) is 5.63. The number of hydrogen-bond acceptors (Lipinski definition) is 2. The summed E-state index contributed by atoms with van der Waals surface area (Å²) in [7, 11) is 0. The third-order valence-corrected chi connectivity index (χ3v) is 2.28. The number of rotatable bonds is 2. The first-order valence-electron chi connectivity index (χ1n) is 5.51. The minimum absolute atomic E-state index is 0.0788.